The van der Waals surface area contributed by atoms with E-state index in [-0.39, 0.29) is 5.91 Å². The fourth-order valence-corrected chi connectivity index (χ4v) is 2.82. The molecule has 3 N–H and O–H groups in total. The average molecular weight is 271 g/mol. The minimum Gasteiger partial charge on any atom is -0.368 e. The van der Waals surface area contributed by atoms with Gasteiger partial charge in [-0.2, -0.15) is 0 Å². The lowest BCUT2D eigenvalue weighted by Gasteiger charge is -2.33. The Morgan fingerprint density at radius 1 is 1.25 bits per heavy atom. The molecule has 1 aromatic heterocycles. The number of H-pyrrole nitrogens is 1. The maximum atomic E-state index is 12.6. The molecule has 0 spiro atoms. The summed E-state index contributed by atoms with van der Waals surface area (Å²) in [6.07, 6.45) is 4.36. The molecule has 0 saturated carbocycles. The highest BCUT2D eigenvalue weighted by Crippen LogP contribution is 2.21. The van der Waals surface area contributed by atoms with E-state index in [1.807, 2.05) is 24.4 Å². The van der Waals surface area contributed by atoms with Crippen LogP contribution in [-0.4, -0.2) is 34.3 Å². The van der Waals surface area contributed by atoms with Crippen molar-refractivity contribution in [1.29, 1.82) is 0 Å². The van der Waals surface area contributed by atoms with Crippen molar-refractivity contribution in [2.75, 3.05) is 6.54 Å². The van der Waals surface area contributed by atoms with E-state index in [4.69, 9.17) is 5.73 Å². The molecule has 1 unspecified atom stereocenters. The predicted molar refractivity (Wildman–Crippen MR) is 76.2 cm³/mol. The first-order valence-electron chi connectivity index (χ1n) is 6.84. The summed E-state index contributed by atoms with van der Waals surface area (Å²) in [6.45, 7) is 0.595. The average Bonchev–Trinajstić information content (AvgIpc) is 2.93. The number of nitrogens with zero attached hydrogens (tertiary/aromatic N) is 1. The Kier molecular flexibility index (Phi) is 3.18. The van der Waals surface area contributed by atoms with Gasteiger partial charge in [-0.3, -0.25) is 9.59 Å². The molecule has 1 fully saturated rings. The maximum Gasteiger partial charge on any atom is 0.254 e. The van der Waals surface area contributed by atoms with Crippen LogP contribution >= 0.6 is 0 Å². The number of carbonyl (C=O) groups excluding carboxylic acids is 2. The molecule has 20 heavy (non-hydrogen) atoms. The van der Waals surface area contributed by atoms with Crippen LogP contribution in [0.15, 0.2) is 30.5 Å². The summed E-state index contributed by atoms with van der Waals surface area (Å²) in [7, 11) is 0. The zero-order chi connectivity index (χ0) is 14.1. The van der Waals surface area contributed by atoms with Crippen LogP contribution in [0.4, 0.5) is 0 Å². The highest BCUT2D eigenvalue weighted by atomic mass is 16.2. The molecule has 1 aliphatic rings. The fraction of sp³-hybridized carbons (Fsp3) is 0.333. The van der Waals surface area contributed by atoms with Crippen molar-refractivity contribution in [1.82, 2.24) is 9.88 Å². The van der Waals surface area contributed by atoms with Crippen molar-refractivity contribution in [3.05, 3.63) is 36.0 Å². The number of primary amides is 1. The molecule has 2 heterocycles. The summed E-state index contributed by atoms with van der Waals surface area (Å²) in [5.41, 5.74) is 7.00. The van der Waals surface area contributed by atoms with Crippen LogP contribution in [0, 0.1) is 0 Å². The smallest absolute Gasteiger partial charge is 0.254 e. The van der Waals surface area contributed by atoms with E-state index in [1.54, 1.807) is 11.0 Å². The standard InChI is InChI=1S/C15H17N3O2/c16-14(19)13-3-1-2-8-18(13)15(20)11-4-5-12-10(9-11)6-7-17-12/h4-7,9,13,17H,1-3,8H2,(H2,16,19). The summed E-state index contributed by atoms with van der Waals surface area (Å²) >= 11 is 0. The van der Waals surface area contributed by atoms with Crippen molar-refractivity contribution in [2.45, 2.75) is 25.3 Å². The van der Waals surface area contributed by atoms with Crippen molar-refractivity contribution >= 4 is 22.7 Å². The van der Waals surface area contributed by atoms with Gasteiger partial charge < -0.3 is 15.6 Å². The monoisotopic (exact) mass is 271 g/mol. The number of rotatable bonds is 2. The third-order valence-corrected chi connectivity index (χ3v) is 3.89. The molecule has 0 radical (unpaired) electrons. The van der Waals surface area contributed by atoms with Crippen LogP contribution in [0.1, 0.15) is 29.6 Å². The molecular formula is C15H17N3O2. The van der Waals surface area contributed by atoms with Gasteiger partial charge in [0.1, 0.15) is 6.04 Å². The Balaban J connectivity index is 1.91. The molecular weight excluding hydrogens is 254 g/mol. The number of hydrogen-bond donors (Lipinski definition) is 2. The highest BCUT2D eigenvalue weighted by molar-refractivity contribution is 6.00. The summed E-state index contributed by atoms with van der Waals surface area (Å²) in [6, 6.07) is 6.96. The van der Waals surface area contributed by atoms with Gasteiger partial charge in [0, 0.05) is 29.2 Å². The number of amides is 2. The molecule has 0 bridgehead atoms. The first-order chi connectivity index (χ1) is 9.66. The van der Waals surface area contributed by atoms with E-state index in [1.165, 1.54) is 0 Å². The molecule has 104 valence electrons. The van der Waals surface area contributed by atoms with Gasteiger partial charge >= 0.3 is 0 Å². The van der Waals surface area contributed by atoms with Crippen LogP contribution in [0.25, 0.3) is 10.9 Å². The lowest BCUT2D eigenvalue weighted by atomic mass is 10.00. The van der Waals surface area contributed by atoms with Crippen LogP contribution in [0.5, 0.6) is 0 Å². The van der Waals surface area contributed by atoms with E-state index in [2.05, 4.69) is 4.98 Å². The molecule has 3 rings (SSSR count). The molecule has 1 aliphatic heterocycles. The van der Waals surface area contributed by atoms with Crippen LogP contribution in [0.3, 0.4) is 0 Å². The van der Waals surface area contributed by atoms with Gasteiger partial charge in [-0.1, -0.05) is 0 Å². The minimum atomic E-state index is -0.474. The molecule has 1 atom stereocenters. The Labute approximate surface area is 116 Å². The quantitative estimate of drug-likeness (QED) is 0.871. The number of carbonyl (C=O) groups is 2. The number of hydrogen-bond acceptors (Lipinski definition) is 2. The SMILES string of the molecule is NC(=O)C1CCCCN1C(=O)c1ccc2[nH]ccc2c1. The van der Waals surface area contributed by atoms with Gasteiger partial charge in [0.2, 0.25) is 5.91 Å². The van der Waals surface area contributed by atoms with E-state index < -0.39 is 11.9 Å². The van der Waals surface area contributed by atoms with E-state index in [0.717, 1.165) is 23.7 Å². The molecule has 5 heteroatoms. The normalized spacial score (nSPS) is 19.2. The van der Waals surface area contributed by atoms with Crippen molar-refractivity contribution in [3.63, 3.8) is 0 Å². The molecule has 0 aliphatic carbocycles. The first kappa shape index (κ1) is 12.7. The lowest BCUT2D eigenvalue weighted by Crippen LogP contribution is -2.50. The Bertz CT molecular complexity index is 662. The van der Waals surface area contributed by atoms with Gasteiger partial charge in [0.05, 0.1) is 0 Å². The topological polar surface area (TPSA) is 79.2 Å². The second-order valence-electron chi connectivity index (χ2n) is 5.19. The van der Waals surface area contributed by atoms with Crippen LogP contribution in [0.2, 0.25) is 0 Å². The molecule has 2 aromatic rings. The van der Waals surface area contributed by atoms with Gasteiger partial charge in [0.15, 0.2) is 0 Å². The van der Waals surface area contributed by atoms with Crippen LogP contribution in [-0.2, 0) is 4.79 Å². The molecule has 1 aromatic carbocycles. The summed E-state index contributed by atoms with van der Waals surface area (Å²) in [5, 5.41) is 0.989. The molecule has 5 nitrogen and oxygen atoms in total. The van der Waals surface area contributed by atoms with Gasteiger partial charge in [-0.25, -0.2) is 0 Å². The summed E-state index contributed by atoms with van der Waals surface area (Å²) in [5.74, 6) is -0.530. The second kappa shape index (κ2) is 5.00. The van der Waals surface area contributed by atoms with Crippen LogP contribution < -0.4 is 5.73 Å². The van der Waals surface area contributed by atoms with E-state index >= 15 is 0 Å². The number of nitrogens with one attached hydrogen (secondary N) is 1. The largest absolute Gasteiger partial charge is 0.368 e. The van der Waals surface area contributed by atoms with Gasteiger partial charge in [0.25, 0.3) is 5.91 Å². The number of piperidine rings is 1. The number of likely N-dealkylation sites (tertiary alicyclic amines) is 1. The van der Waals surface area contributed by atoms with Crippen molar-refractivity contribution < 1.29 is 9.59 Å². The number of benzene rings is 1. The summed E-state index contributed by atoms with van der Waals surface area (Å²) in [4.78, 5) is 28.8. The molecule has 1 saturated heterocycles. The number of nitrogens with two attached hydrogens (primary N) is 1. The third kappa shape index (κ3) is 2.15. The minimum absolute atomic E-state index is 0.114. The second-order valence-corrected chi connectivity index (χ2v) is 5.19. The Hall–Kier alpha value is -2.30. The summed E-state index contributed by atoms with van der Waals surface area (Å²) < 4.78 is 0. The fourth-order valence-electron chi connectivity index (χ4n) is 2.82. The van der Waals surface area contributed by atoms with Crippen molar-refractivity contribution in [2.24, 2.45) is 5.73 Å². The maximum absolute atomic E-state index is 12.6. The van der Waals surface area contributed by atoms with E-state index in [0.29, 0.717) is 18.5 Å². The predicted octanol–water partition coefficient (Wildman–Crippen LogP) is 1.65. The zero-order valence-corrected chi connectivity index (χ0v) is 11.1. The Morgan fingerprint density at radius 2 is 2.10 bits per heavy atom. The van der Waals surface area contributed by atoms with Gasteiger partial charge in [-0.05, 0) is 43.5 Å². The van der Waals surface area contributed by atoms with Crippen molar-refractivity contribution in [3.8, 4) is 0 Å². The number of fused-ring (bicyclic) bond motifs is 1. The number of aromatic nitrogens is 1. The zero-order valence-electron chi connectivity index (χ0n) is 11.1. The van der Waals surface area contributed by atoms with Gasteiger partial charge in [-0.15, -0.1) is 0 Å². The third-order valence-electron chi connectivity index (χ3n) is 3.89. The molecule has 2 amide bonds. The lowest BCUT2D eigenvalue weighted by molar-refractivity contribution is -0.123. The number of aromatic amines is 1. The first-order valence-corrected chi connectivity index (χ1v) is 6.84. The van der Waals surface area contributed by atoms with E-state index in [9.17, 15) is 9.59 Å². The Morgan fingerprint density at radius 3 is 2.90 bits per heavy atom. The highest BCUT2D eigenvalue weighted by Gasteiger charge is 2.31.